The van der Waals surface area contributed by atoms with Gasteiger partial charge in [-0.05, 0) is 68.7 Å². The number of urea groups is 1. The molecular formula is C25H28N4O3. The lowest BCUT2D eigenvalue weighted by molar-refractivity contribution is -0.134. The fraction of sp³-hybridized carbons (Fsp3) is 0.440. The molecule has 0 unspecified atom stereocenters. The van der Waals surface area contributed by atoms with Crippen molar-refractivity contribution in [3.63, 3.8) is 0 Å². The number of carbonyl (C=O) groups is 3. The van der Waals surface area contributed by atoms with E-state index in [9.17, 15) is 14.4 Å². The monoisotopic (exact) mass is 432 g/mol. The highest BCUT2D eigenvalue weighted by molar-refractivity contribution is 6.07. The summed E-state index contributed by atoms with van der Waals surface area (Å²) < 4.78 is 0. The zero-order valence-corrected chi connectivity index (χ0v) is 18.5. The van der Waals surface area contributed by atoms with Gasteiger partial charge in [-0.2, -0.15) is 0 Å². The van der Waals surface area contributed by atoms with E-state index in [-0.39, 0.29) is 29.8 Å². The highest BCUT2D eigenvalue weighted by Crippen LogP contribution is 2.36. The molecule has 0 spiro atoms. The van der Waals surface area contributed by atoms with E-state index in [1.54, 1.807) is 12.3 Å². The predicted octanol–water partition coefficient (Wildman–Crippen LogP) is 2.72. The molecule has 2 fully saturated rings. The summed E-state index contributed by atoms with van der Waals surface area (Å²) in [6.07, 6.45) is 4.38. The fourth-order valence-corrected chi connectivity index (χ4v) is 5.44. The third-order valence-electron chi connectivity index (χ3n) is 7.40. The van der Waals surface area contributed by atoms with Crippen LogP contribution in [0.3, 0.4) is 0 Å². The van der Waals surface area contributed by atoms with E-state index in [1.807, 2.05) is 36.9 Å². The number of pyridine rings is 1. The van der Waals surface area contributed by atoms with Crippen molar-refractivity contribution in [2.75, 3.05) is 13.1 Å². The van der Waals surface area contributed by atoms with Crippen molar-refractivity contribution in [3.05, 3.63) is 65.0 Å². The van der Waals surface area contributed by atoms with Gasteiger partial charge in [0.15, 0.2) is 0 Å². The summed E-state index contributed by atoms with van der Waals surface area (Å²) >= 11 is 0. The second kappa shape index (κ2) is 7.73. The Bertz CT molecular complexity index is 1050. The number of nitrogens with zero attached hydrogens (tertiary/aromatic N) is 3. The molecule has 0 saturated carbocycles. The van der Waals surface area contributed by atoms with E-state index in [2.05, 4.69) is 22.4 Å². The van der Waals surface area contributed by atoms with Crippen LogP contribution in [0.4, 0.5) is 4.79 Å². The molecule has 1 aromatic heterocycles. The van der Waals surface area contributed by atoms with Gasteiger partial charge in [0.1, 0.15) is 5.54 Å². The number of fused-ring (bicyclic) bond motifs is 1. The summed E-state index contributed by atoms with van der Waals surface area (Å²) in [6, 6.07) is 11.4. The Kier molecular flexibility index (Phi) is 4.99. The van der Waals surface area contributed by atoms with E-state index in [4.69, 9.17) is 0 Å². The molecule has 3 heterocycles. The van der Waals surface area contributed by atoms with Crippen LogP contribution in [0.25, 0.3) is 0 Å². The molecule has 1 aromatic carbocycles. The Morgan fingerprint density at radius 2 is 1.72 bits per heavy atom. The number of nitrogens with one attached hydrogen (secondary N) is 1. The minimum Gasteiger partial charge on any atom is -0.339 e. The van der Waals surface area contributed by atoms with Crippen LogP contribution in [-0.2, 0) is 17.6 Å². The van der Waals surface area contributed by atoms with Gasteiger partial charge in [-0.1, -0.05) is 24.3 Å². The molecule has 1 N–H and O–H groups in total. The molecule has 2 saturated heterocycles. The minimum atomic E-state index is -0.924. The van der Waals surface area contributed by atoms with Crippen molar-refractivity contribution in [1.29, 1.82) is 0 Å². The Balaban J connectivity index is 1.26. The molecule has 1 atom stereocenters. The Morgan fingerprint density at radius 3 is 2.31 bits per heavy atom. The number of aryl methyl sites for hydroxylation is 1. The number of likely N-dealkylation sites (tertiary alicyclic amines) is 1. The second-order valence-electron chi connectivity index (χ2n) is 9.39. The number of imide groups is 1. The van der Waals surface area contributed by atoms with Crippen LogP contribution in [0.15, 0.2) is 42.6 Å². The SMILES string of the molecule is Cc1ccc(C(=O)N2CCC([C@]3(C)NC(=O)N(C4Cc5ccccc5C4)C3=O)CC2)cn1. The third kappa shape index (κ3) is 3.36. The molecule has 166 valence electrons. The van der Waals surface area contributed by atoms with E-state index < -0.39 is 5.54 Å². The van der Waals surface area contributed by atoms with Gasteiger partial charge in [0.25, 0.3) is 11.8 Å². The molecule has 1 aliphatic carbocycles. The van der Waals surface area contributed by atoms with Crippen LogP contribution in [0.1, 0.15) is 46.9 Å². The van der Waals surface area contributed by atoms with Gasteiger partial charge < -0.3 is 10.2 Å². The maximum atomic E-state index is 13.5. The number of rotatable bonds is 3. The quantitative estimate of drug-likeness (QED) is 0.756. The number of piperidine rings is 1. The normalized spacial score (nSPS) is 24.1. The lowest BCUT2D eigenvalue weighted by atomic mass is 9.78. The van der Waals surface area contributed by atoms with Crippen molar-refractivity contribution in [2.24, 2.45) is 5.92 Å². The Hall–Kier alpha value is -3.22. The summed E-state index contributed by atoms with van der Waals surface area (Å²) in [6.45, 7) is 4.86. The summed E-state index contributed by atoms with van der Waals surface area (Å²) in [5.41, 5.74) is 2.95. The molecule has 7 heteroatoms. The highest BCUT2D eigenvalue weighted by Gasteiger charge is 2.55. The smallest absolute Gasteiger partial charge is 0.325 e. The molecule has 32 heavy (non-hydrogen) atoms. The lowest BCUT2D eigenvalue weighted by Gasteiger charge is -2.39. The van der Waals surface area contributed by atoms with Crippen LogP contribution < -0.4 is 5.32 Å². The number of hydrogen-bond donors (Lipinski definition) is 1. The van der Waals surface area contributed by atoms with Crippen LogP contribution in [0.2, 0.25) is 0 Å². The maximum Gasteiger partial charge on any atom is 0.325 e. The topological polar surface area (TPSA) is 82.6 Å². The first-order valence-electron chi connectivity index (χ1n) is 11.3. The summed E-state index contributed by atoms with van der Waals surface area (Å²) in [5.74, 6) is -0.172. The van der Waals surface area contributed by atoms with E-state index in [1.165, 1.54) is 16.0 Å². The maximum absolute atomic E-state index is 13.5. The van der Waals surface area contributed by atoms with Crippen LogP contribution in [0, 0.1) is 12.8 Å². The van der Waals surface area contributed by atoms with Crippen molar-refractivity contribution in [2.45, 2.75) is 51.1 Å². The molecular weight excluding hydrogens is 404 g/mol. The van der Waals surface area contributed by atoms with Crippen LogP contribution in [-0.4, -0.2) is 57.3 Å². The second-order valence-corrected chi connectivity index (χ2v) is 9.39. The van der Waals surface area contributed by atoms with Crippen molar-refractivity contribution >= 4 is 17.8 Å². The number of carbonyl (C=O) groups excluding carboxylic acids is 3. The number of amides is 4. The first-order chi connectivity index (χ1) is 15.4. The van der Waals surface area contributed by atoms with Gasteiger partial charge in [-0.3, -0.25) is 19.5 Å². The fourth-order valence-electron chi connectivity index (χ4n) is 5.44. The van der Waals surface area contributed by atoms with Crippen molar-refractivity contribution < 1.29 is 14.4 Å². The van der Waals surface area contributed by atoms with Crippen molar-refractivity contribution in [1.82, 2.24) is 20.1 Å². The molecule has 5 rings (SSSR count). The highest BCUT2D eigenvalue weighted by atomic mass is 16.2. The van der Waals surface area contributed by atoms with E-state index >= 15 is 0 Å². The first kappa shape index (κ1) is 20.7. The largest absolute Gasteiger partial charge is 0.339 e. The van der Waals surface area contributed by atoms with Gasteiger partial charge in [0.05, 0.1) is 5.56 Å². The zero-order chi connectivity index (χ0) is 22.5. The first-order valence-corrected chi connectivity index (χ1v) is 11.3. The van der Waals surface area contributed by atoms with Gasteiger partial charge >= 0.3 is 6.03 Å². The Labute approximate surface area is 187 Å². The molecule has 3 aliphatic rings. The summed E-state index contributed by atoms with van der Waals surface area (Å²) in [4.78, 5) is 46.7. The van der Waals surface area contributed by atoms with Gasteiger partial charge in [0.2, 0.25) is 0 Å². The number of aromatic nitrogens is 1. The summed E-state index contributed by atoms with van der Waals surface area (Å²) in [7, 11) is 0. The van der Waals surface area contributed by atoms with Gasteiger partial charge in [-0.25, -0.2) is 4.79 Å². The summed E-state index contributed by atoms with van der Waals surface area (Å²) in [5, 5.41) is 3.01. The van der Waals surface area contributed by atoms with E-state index in [0.29, 0.717) is 44.3 Å². The molecule has 0 bridgehead atoms. The molecule has 2 aromatic rings. The zero-order valence-electron chi connectivity index (χ0n) is 18.5. The van der Waals surface area contributed by atoms with Gasteiger partial charge in [0, 0.05) is 31.0 Å². The minimum absolute atomic E-state index is 0.00655. The van der Waals surface area contributed by atoms with E-state index in [0.717, 1.165) is 5.69 Å². The van der Waals surface area contributed by atoms with Crippen LogP contribution in [0.5, 0.6) is 0 Å². The Morgan fingerprint density at radius 1 is 1.06 bits per heavy atom. The number of benzene rings is 1. The average Bonchev–Trinajstić information content (AvgIpc) is 3.32. The lowest BCUT2D eigenvalue weighted by Crippen LogP contribution is -2.55. The molecule has 0 radical (unpaired) electrons. The number of hydrogen-bond acceptors (Lipinski definition) is 4. The average molecular weight is 433 g/mol. The predicted molar refractivity (Wildman–Crippen MR) is 119 cm³/mol. The molecule has 7 nitrogen and oxygen atoms in total. The van der Waals surface area contributed by atoms with Crippen LogP contribution >= 0.6 is 0 Å². The van der Waals surface area contributed by atoms with Gasteiger partial charge in [-0.15, -0.1) is 0 Å². The third-order valence-corrected chi connectivity index (χ3v) is 7.40. The molecule has 2 aliphatic heterocycles. The molecule has 4 amide bonds. The van der Waals surface area contributed by atoms with Crippen molar-refractivity contribution in [3.8, 4) is 0 Å². The standard InChI is InChI=1S/C25H28N4O3/c1-16-7-8-19(15-26-16)22(30)28-11-9-20(10-12-28)25(2)23(31)29(24(32)27-25)21-13-17-5-3-4-6-18(17)14-21/h3-8,15,20-21H,9-14H2,1-2H3,(H,27,32)/t25-/m0/s1.